The molecule has 3 aromatic carbocycles. The molecule has 4 rings (SSSR count). The van der Waals surface area contributed by atoms with E-state index in [2.05, 4.69) is 20.7 Å². The van der Waals surface area contributed by atoms with E-state index >= 15 is 0 Å². The first-order valence-corrected chi connectivity index (χ1v) is 12.5. The number of carbonyl (C=O) groups excluding carboxylic acids is 1. The Morgan fingerprint density at radius 3 is 2.21 bits per heavy atom. The Labute approximate surface area is 224 Å². The van der Waals surface area contributed by atoms with Crippen LogP contribution in [0.2, 0.25) is 0 Å². The average Bonchev–Trinajstić information content (AvgIpc) is 3.39. The fourth-order valence-electron chi connectivity index (χ4n) is 3.60. The van der Waals surface area contributed by atoms with E-state index in [1.165, 1.54) is 18.0 Å². The molecule has 0 aliphatic heterocycles. The number of para-hydroxylation sites is 1. The minimum atomic E-state index is -0.302. The van der Waals surface area contributed by atoms with Gasteiger partial charge in [0.05, 0.1) is 40.4 Å². The lowest BCUT2D eigenvalue weighted by Gasteiger charge is -2.11. The van der Waals surface area contributed by atoms with E-state index in [0.29, 0.717) is 28.0 Å². The number of amides is 1. The van der Waals surface area contributed by atoms with Crippen molar-refractivity contribution >= 4 is 23.9 Å². The fraction of sp³-hybridized carbons (Fsp3) is 0.185. The van der Waals surface area contributed by atoms with Crippen molar-refractivity contribution in [3.63, 3.8) is 0 Å². The molecule has 1 amide bonds. The maximum Gasteiger partial charge on any atom is 0.250 e. The zero-order chi connectivity index (χ0) is 26.9. The van der Waals surface area contributed by atoms with Crippen LogP contribution in [0.25, 0.3) is 17.1 Å². The average molecular weight is 534 g/mol. The smallest absolute Gasteiger partial charge is 0.250 e. The number of aromatic nitrogens is 3. The molecule has 0 fully saturated rings. The molecule has 0 spiro atoms. The highest BCUT2D eigenvalue weighted by molar-refractivity contribution is 7.99. The lowest BCUT2D eigenvalue weighted by Crippen LogP contribution is -2.20. The number of thioether (sulfide) groups is 1. The van der Waals surface area contributed by atoms with E-state index < -0.39 is 0 Å². The van der Waals surface area contributed by atoms with Gasteiger partial charge in [-0.3, -0.25) is 9.36 Å². The molecule has 0 aliphatic rings. The molecule has 0 unspecified atom stereocenters. The second-order valence-corrected chi connectivity index (χ2v) is 8.68. The van der Waals surface area contributed by atoms with Gasteiger partial charge in [-0.2, -0.15) is 5.10 Å². The van der Waals surface area contributed by atoms with E-state index in [4.69, 9.17) is 18.9 Å². The molecule has 10 nitrogen and oxygen atoms in total. The quantitative estimate of drug-likeness (QED) is 0.174. The van der Waals surface area contributed by atoms with Crippen LogP contribution in [-0.4, -0.2) is 61.1 Å². The highest BCUT2D eigenvalue weighted by Gasteiger charge is 2.18. The molecule has 0 radical (unpaired) electrons. The lowest BCUT2D eigenvalue weighted by molar-refractivity contribution is -0.118. The van der Waals surface area contributed by atoms with Crippen molar-refractivity contribution in [3.8, 4) is 40.1 Å². The van der Waals surface area contributed by atoms with Crippen LogP contribution in [0.1, 0.15) is 5.56 Å². The van der Waals surface area contributed by atoms with Crippen LogP contribution in [0, 0.1) is 0 Å². The number of ether oxygens (including phenoxy) is 4. The standard InChI is InChI=1S/C27H27N5O5S/c1-34-21-12-8-18(9-13-21)26-30-31-27(32(26)20-10-14-22(35-2)15-11-20)38-17-24(33)29-28-16-19-6-5-7-23(36-3)25(19)37-4/h5-16H,17H2,1-4H3,(H,29,33)/b28-16-. The van der Waals surface area contributed by atoms with Gasteiger partial charge in [-0.1, -0.05) is 17.8 Å². The number of hydrazone groups is 1. The monoisotopic (exact) mass is 533 g/mol. The molecule has 0 saturated carbocycles. The van der Waals surface area contributed by atoms with Gasteiger partial charge in [-0.25, -0.2) is 5.43 Å². The highest BCUT2D eigenvalue weighted by atomic mass is 32.2. The molecule has 0 aliphatic carbocycles. The number of hydrogen-bond acceptors (Lipinski definition) is 9. The van der Waals surface area contributed by atoms with Crippen LogP contribution in [0.5, 0.6) is 23.0 Å². The van der Waals surface area contributed by atoms with E-state index in [0.717, 1.165) is 22.7 Å². The van der Waals surface area contributed by atoms with Crippen molar-refractivity contribution in [2.24, 2.45) is 5.10 Å². The number of carbonyl (C=O) groups is 1. The largest absolute Gasteiger partial charge is 0.497 e. The van der Waals surface area contributed by atoms with Crippen molar-refractivity contribution < 1.29 is 23.7 Å². The summed E-state index contributed by atoms with van der Waals surface area (Å²) >= 11 is 1.25. The van der Waals surface area contributed by atoms with Crippen LogP contribution >= 0.6 is 11.8 Å². The minimum Gasteiger partial charge on any atom is -0.497 e. The summed E-state index contributed by atoms with van der Waals surface area (Å²) in [4.78, 5) is 12.6. The SMILES string of the molecule is COc1ccc(-c2nnc(SCC(=O)N/N=C\c3cccc(OC)c3OC)n2-c2ccc(OC)cc2)cc1. The number of rotatable bonds is 11. The molecule has 38 heavy (non-hydrogen) atoms. The van der Waals surface area contributed by atoms with Crippen molar-refractivity contribution in [1.82, 2.24) is 20.2 Å². The number of methoxy groups -OCH3 is 4. The number of hydrogen-bond donors (Lipinski definition) is 1. The minimum absolute atomic E-state index is 0.0729. The first-order valence-electron chi connectivity index (χ1n) is 11.5. The Kier molecular flexibility index (Phi) is 8.83. The Hall–Kier alpha value is -4.51. The second-order valence-electron chi connectivity index (χ2n) is 7.73. The molecule has 4 aromatic rings. The molecule has 11 heteroatoms. The summed E-state index contributed by atoms with van der Waals surface area (Å²) in [5.41, 5.74) is 4.89. The Morgan fingerprint density at radius 1 is 0.895 bits per heavy atom. The van der Waals surface area contributed by atoms with Crippen LogP contribution in [0.3, 0.4) is 0 Å². The van der Waals surface area contributed by atoms with Crippen molar-refractivity contribution in [3.05, 3.63) is 72.3 Å². The predicted octanol–water partition coefficient (Wildman–Crippen LogP) is 4.21. The first kappa shape index (κ1) is 26.6. The third-order valence-corrected chi connectivity index (χ3v) is 6.40. The Bertz CT molecular complexity index is 1400. The topological polar surface area (TPSA) is 109 Å². The zero-order valence-corrected chi connectivity index (χ0v) is 22.2. The van der Waals surface area contributed by atoms with E-state index in [9.17, 15) is 4.79 Å². The van der Waals surface area contributed by atoms with E-state index in [1.54, 1.807) is 34.5 Å². The second kappa shape index (κ2) is 12.6. The van der Waals surface area contributed by atoms with Gasteiger partial charge in [0.1, 0.15) is 11.5 Å². The Balaban J connectivity index is 1.52. The van der Waals surface area contributed by atoms with Gasteiger partial charge in [0.25, 0.3) is 5.91 Å². The van der Waals surface area contributed by atoms with Crippen LogP contribution < -0.4 is 24.4 Å². The molecular weight excluding hydrogens is 506 g/mol. The predicted molar refractivity (Wildman–Crippen MR) is 146 cm³/mol. The summed E-state index contributed by atoms with van der Waals surface area (Å²) in [6, 6.07) is 20.5. The number of nitrogens with zero attached hydrogens (tertiary/aromatic N) is 4. The van der Waals surface area contributed by atoms with Crippen molar-refractivity contribution in [2.45, 2.75) is 5.16 Å². The van der Waals surface area contributed by atoms with Crippen molar-refractivity contribution in [2.75, 3.05) is 34.2 Å². The summed E-state index contributed by atoms with van der Waals surface area (Å²) in [7, 11) is 6.33. The first-order chi connectivity index (χ1) is 18.6. The number of benzene rings is 3. The molecule has 1 aromatic heterocycles. The van der Waals surface area contributed by atoms with Gasteiger partial charge < -0.3 is 18.9 Å². The molecule has 0 saturated heterocycles. The summed E-state index contributed by atoms with van der Waals surface area (Å²) in [5, 5.41) is 13.4. The zero-order valence-electron chi connectivity index (χ0n) is 21.4. The summed E-state index contributed by atoms with van der Waals surface area (Å²) in [5.74, 6) is 2.97. The fourth-order valence-corrected chi connectivity index (χ4v) is 4.35. The van der Waals surface area contributed by atoms with E-state index in [1.807, 2.05) is 65.2 Å². The van der Waals surface area contributed by atoms with E-state index in [-0.39, 0.29) is 11.7 Å². The van der Waals surface area contributed by atoms with Gasteiger partial charge in [-0.05, 0) is 60.7 Å². The lowest BCUT2D eigenvalue weighted by atomic mass is 10.2. The summed E-state index contributed by atoms with van der Waals surface area (Å²) < 4.78 is 23.1. The van der Waals surface area contributed by atoms with Gasteiger partial charge >= 0.3 is 0 Å². The van der Waals surface area contributed by atoms with Gasteiger partial charge in [0, 0.05) is 16.8 Å². The molecule has 0 bridgehead atoms. The molecular formula is C27H27N5O5S. The van der Waals surface area contributed by atoms with Gasteiger partial charge in [0.15, 0.2) is 22.5 Å². The van der Waals surface area contributed by atoms with Crippen LogP contribution in [-0.2, 0) is 4.79 Å². The van der Waals surface area contributed by atoms with Crippen LogP contribution in [0.15, 0.2) is 77.0 Å². The summed E-state index contributed by atoms with van der Waals surface area (Å²) in [6.07, 6.45) is 1.51. The van der Waals surface area contributed by atoms with Crippen molar-refractivity contribution in [1.29, 1.82) is 0 Å². The molecule has 1 N–H and O–H groups in total. The summed E-state index contributed by atoms with van der Waals surface area (Å²) in [6.45, 7) is 0. The number of nitrogens with one attached hydrogen (secondary N) is 1. The highest BCUT2D eigenvalue weighted by Crippen LogP contribution is 2.31. The maximum absolute atomic E-state index is 12.6. The molecule has 1 heterocycles. The normalized spacial score (nSPS) is 10.8. The molecule has 196 valence electrons. The maximum atomic E-state index is 12.6. The van der Waals surface area contributed by atoms with Gasteiger partial charge in [-0.15, -0.1) is 10.2 Å². The third kappa shape index (κ3) is 6.06. The third-order valence-electron chi connectivity index (χ3n) is 5.47. The van der Waals surface area contributed by atoms with Crippen LogP contribution in [0.4, 0.5) is 0 Å². The van der Waals surface area contributed by atoms with Gasteiger partial charge in [0.2, 0.25) is 0 Å². The molecule has 0 atom stereocenters. The Morgan fingerprint density at radius 2 is 1.58 bits per heavy atom.